The summed E-state index contributed by atoms with van der Waals surface area (Å²) in [4.78, 5) is 0. The van der Waals surface area contributed by atoms with Crippen LogP contribution in [0.25, 0.3) is 0 Å². The van der Waals surface area contributed by atoms with Crippen molar-refractivity contribution < 1.29 is 5.21 Å². The fourth-order valence-corrected chi connectivity index (χ4v) is 1.14. The minimum absolute atomic E-state index is 0.375. The first-order chi connectivity index (χ1) is 4.29. The van der Waals surface area contributed by atoms with Crippen molar-refractivity contribution >= 4 is 5.84 Å². The van der Waals surface area contributed by atoms with E-state index in [2.05, 4.69) is 12.1 Å². The first kappa shape index (κ1) is 6.39. The van der Waals surface area contributed by atoms with Gasteiger partial charge in [0.15, 0.2) is 0 Å². The lowest BCUT2D eigenvalue weighted by molar-refractivity contribution is 0.316. The van der Waals surface area contributed by atoms with E-state index in [1.54, 1.807) is 0 Å². The second-order valence-corrected chi connectivity index (χ2v) is 2.54. The number of amidine groups is 1. The second-order valence-electron chi connectivity index (χ2n) is 2.54. The van der Waals surface area contributed by atoms with Gasteiger partial charge in [-0.25, -0.2) is 0 Å². The van der Waals surface area contributed by atoms with E-state index >= 15 is 0 Å². The third-order valence-electron chi connectivity index (χ3n) is 1.94. The van der Waals surface area contributed by atoms with Crippen LogP contribution in [-0.4, -0.2) is 11.0 Å². The highest BCUT2D eigenvalue weighted by molar-refractivity contribution is 5.84. The molecule has 0 amide bonds. The van der Waals surface area contributed by atoms with Crippen molar-refractivity contribution in [3.63, 3.8) is 0 Å². The molecule has 0 aromatic heterocycles. The molecule has 0 aliphatic heterocycles. The summed E-state index contributed by atoms with van der Waals surface area (Å²) in [5.74, 6) is 1.46. The fraction of sp³-hybridized carbons (Fsp3) is 0.833. The number of nitrogens with two attached hydrogens (primary N) is 1. The number of nitrogens with zero attached hydrogens (tertiary/aromatic N) is 1. The summed E-state index contributed by atoms with van der Waals surface area (Å²) in [6.45, 7) is 2.12. The van der Waals surface area contributed by atoms with Gasteiger partial charge in [0.25, 0.3) is 0 Å². The van der Waals surface area contributed by atoms with E-state index in [4.69, 9.17) is 10.9 Å². The highest BCUT2D eigenvalue weighted by atomic mass is 16.4. The quantitative estimate of drug-likeness (QED) is 0.250. The Bertz CT molecular complexity index is 133. The van der Waals surface area contributed by atoms with Crippen LogP contribution in [0.5, 0.6) is 0 Å². The number of oxime groups is 1. The molecule has 1 aliphatic carbocycles. The molecule has 3 nitrogen and oxygen atoms in total. The Balaban J connectivity index is 2.33. The smallest absolute Gasteiger partial charge is 0.142 e. The number of hydrogen-bond acceptors (Lipinski definition) is 2. The van der Waals surface area contributed by atoms with Gasteiger partial charge >= 0.3 is 0 Å². The van der Waals surface area contributed by atoms with Crippen molar-refractivity contribution in [2.24, 2.45) is 22.7 Å². The Morgan fingerprint density at radius 3 is 2.89 bits per heavy atom. The van der Waals surface area contributed by atoms with E-state index in [9.17, 15) is 0 Å². The van der Waals surface area contributed by atoms with Gasteiger partial charge in [-0.05, 0) is 12.3 Å². The highest BCUT2D eigenvalue weighted by Crippen LogP contribution is 2.40. The summed E-state index contributed by atoms with van der Waals surface area (Å²) >= 11 is 0. The summed E-state index contributed by atoms with van der Waals surface area (Å²) < 4.78 is 0. The average Bonchev–Trinajstić information content (AvgIpc) is 2.64. The van der Waals surface area contributed by atoms with Gasteiger partial charge in [0.05, 0.1) is 0 Å². The molecular weight excluding hydrogens is 116 g/mol. The van der Waals surface area contributed by atoms with Crippen molar-refractivity contribution in [2.75, 3.05) is 0 Å². The zero-order valence-corrected chi connectivity index (χ0v) is 5.54. The van der Waals surface area contributed by atoms with Crippen LogP contribution in [0.3, 0.4) is 0 Å². The van der Waals surface area contributed by atoms with Crippen LogP contribution in [0, 0.1) is 11.8 Å². The van der Waals surface area contributed by atoms with Gasteiger partial charge in [-0.2, -0.15) is 0 Å². The van der Waals surface area contributed by atoms with E-state index in [0.29, 0.717) is 17.7 Å². The maximum absolute atomic E-state index is 8.22. The fourth-order valence-electron chi connectivity index (χ4n) is 1.14. The Morgan fingerprint density at radius 2 is 2.56 bits per heavy atom. The third kappa shape index (κ3) is 1.15. The van der Waals surface area contributed by atoms with Gasteiger partial charge < -0.3 is 10.9 Å². The normalized spacial score (nSPS) is 34.6. The topological polar surface area (TPSA) is 58.6 Å². The Labute approximate surface area is 54.5 Å². The average molecular weight is 128 g/mol. The molecule has 0 spiro atoms. The summed E-state index contributed by atoms with van der Waals surface area (Å²) in [5.41, 5.74) is 5.34. The summed E-state index contributed by atoms with van der Waals surface area (Å²) in [6, 6.07) is 0. The van der Waals surface area contributed by atoms with Gasteiger partial charge in [0, 0.05) is 5.92 Å². The van der Waals surface area contributed by atoms with Crippen molar-refractivity contribution in [2.45, 2.75) is 19.8 Å². The number of rotatable bonds is 2. The van der Waals surface area contributed by atoms with Crippen LogP contribution >= 0.6 is 0 Å². The molecule has 52 valence electrons. The number of hydrogen-bond donors (Lipinski definition) is 2. The van der Waals surface area contributed by atoms with Gasteiger partial charge in [0.1, 0.15) is 5.84 Å². The predicted octanol–water partition coefficient (Wildman–Crippen LogP) is 0.779. The van der Waals surface area contributed by atoms with E-state index in [1.807, 2.05) is 0 Å². The van der Waals surface area contributed by atoms with Crippen LogP contribution < -0.4 is 5.73 Å². The molecule has 1 rings (SSSR count). The molecule has 0 bridgehead atoms. The molecule has 2 unspecified atom stereocenters. The largest absolute Gasteiger partial charge is 0.409 e. The molecule has 0 aromatic rings. The standard InChI is InChI=1S/C6H12N2O/c1-2-4-3-5(4)6(7)8-9/h4-5,9H,2-3H2,1H3,(H2,7,8). The lowest BCUT2D eigenvalue weighted by Crippen LogP contribution is -2.14. The lowest BCUT2D eigenvalue weighted by Gasteiger charge is -1.91. The van der Waals surface area contributed by atoms with Crippen LogP contribution in [0.2, 0.25) is 0 Å². The lowest BCUT2D eigenvalue weighted by atomic mass is 10.2. The van der Waals surface area contributed by atoms with Gasteiger partial charge in [0.2, 0.25) is 0 Å². The Kier molecular flexibility index (Phi) is 1.60. The second kappa shape index (κ2) is 2.25. The summed E-state index contributed by atoms with van der Waals surface area (Å²) in [6.07, 6.45) is 2.24. The van der Waals surface area contributed by atoms with Crippen molar-refractivity contribution in [1.29, 1.82) is 0 Å². The van der Waals surface area contributed by atoms with Crippen molar-refractivity contribution in [3.05, 3.63) is 0 Å². The van der Waals surface area contributed by atoms with E-state index in [0.717, 1.165) is 12.8 Å². The van der Waals surface area contributed by atoms with Crippen LogP contribution in [-0.2, 0) is 0 Å². The van der Waals surface area contributed by atoms with Gasteiger partial charge in [-0.15, -0.1) is 0 Å². The molecule has 3 N–H and O–H groups in total. The maximum atomic E-state index is 8.22. The van der Waals surface area contributed by atoms with E-state index in [1.165, 1.54) is 0 Å². The molecule has 0 saturated heterocycles. The van der Waals surface area contributed by atoms with E-state index < -0.39 is 0 Å². The zero-order chi connectivity index (χ0) is 6.85. The molecule has 1 aliphatic rings. The monoisotopic (exact) mass is 128 g/mol. The molecule has 1 fully saturated rings. The maximum Gasteiger partial charge on any atom is 0.142 e. The van der Waals surface area contributed by atoms with Crippen LogP contribution in [0.15, 0.2) is 5.16 Å². The Morgan fingerprint density at radius 1 is 1.89 bits per heavy atom. The van der Waals surface area contributed by atoms with E-state index in [-0.39, 0.29) is 0 Å². The molecule has 1 saturated carbocycles. The van der Waals surface area contributed by atoms with Crippen LogP contribution in [0.4, 0.5) is 0 Å². The minimum atomic E-state index is 0.375. The highest BCUT2D eigenvalue weighted by Gasteiger charge is 2.38. The van der Waals surface area contributed by atoms with Gasteiger partial charge in [-0.1, -0.05) is 18.5 Å². The molecule has 2 atom stereocenters. The first-order valence-corrected chi connectivity index (χ1v) is 3.27. The predicted molar refractivity (Wildman–Crippen MR) is 35.3 cm³/mol. The van der Waals surface area contributed by atoms with Gasteiger partial charge in [-0.3, -0.25) is 0 Å². The minimum Gasteiger partial charge on any atom is -0.409 e. The first-order valence-electron chi connectivity index (χ1n) is 3.27. The molecular formula is C6H12N2O. The van der Waals surface area contributed by atoms with Crippen molar-refractivity contribution in [1.82, 2.24) is 0 Å². The van der Waals surface area contributed by atoms with Crippen LogP contribution in [0.1, 0.15) is 19.8 Å². The molecule has 3 heteroatoms. The SMILES string of the molecule is CCC1CC1/C(N)=N/O. The third-order valence-corrected chi connectivity index (χ3v) is 1.94. The summed E-state index contributed by atoms with van der Waals surface area (Å²) in [7, 11) is 0. The zero-order valence-electron chi connectivity index (χ0n) is 5.54. The summed E-state index contributed by atoms with van der Waals surface area (Å²) in [5, 5.41) is 11.2. The molecule has 0 aromatic carbocycles. The Hall–Kier alpha value is -0.730. The molecule has 0 radical (unpaired) electrons. The molecule has 0 heterocycles. The van der Waals surface area contributed by atoms with Crippen molar-refractivity contribution in [3.8, 4) is 0 Å². The molecule has 9 heavy (non-hydrogen) atoms.